The number of ether oxygens (including phenoxy) is 2. The molecule has 3 aromatic heterocycles. The van der Waals surface area contributed by atoms with E-state index >= 15 is 0 Å². The van der Waals surface area contributed by atoms with Crippen molar-refractivity contribution in [3.63, 3.8) is 0 Å². The third-order valence-corrected chi connectivity index (χ3v) is 18.4. The van der Waals surface area contributed by atoms with Gasteiger partial charge < -0.3 is 50.8 Å². The van der Waals surface area contributed by atoms with Gasteiger partial charge in [0.25, 0.3) is 5.56 Å². The summed E-state index contributed by atoms with van der Waals surface area (Å²) in [6.07, 6.45) is -5.30. The minimum atomic E-state index is -4.02. The number of carbonyl (C=O) groups is 2. The van der Waals surface area contributed by atoms with E-state index in [0.717, 1.165) is 39.2 Å². The lowest BCUT2D eigenvalue weighted by molar-refractivity contribution is -0.120. The molecule has 11 N–H and O–H groups in total. The molecule has 0 radical (unpaired) electrons. The summed E-state index contributed by atoms with van der Waals surface area (Å²) in [6.45, 7) is 9.21. The molecule has 27 nitrogen and oxygen atoms in total. The highest BCUT2D eigenvalue weighted by Crippen LogP contribution is 2.48. The number of H-pyrrole nitrogens is 1. The van der Waals surface area contributed by atoms with Crippen LogP contribution in [0.2, 0.25) is 0 Å². The molecule has 2 aromatic carbocycles. The minimum Gasteiger partial charge on any atom is -0.395 e. The number of nitrogens with zero attached hydrogens (tertiary/aromatic N) is 5. The zero-order valence-corrected chi connectivity index (χ0v) is 49.1. The lowest BCUT2D eigenvalue weighted by atomic mass is 9.96. The van der Waals surface area contributed by atoms with Crippen LogP contribution in [0.15, 0.2) is 88.8 Å². The second-order valence-corrected chi connectivity index (χ2v) is 26.5. The molecule has 0 spiro atoms. The molecule has 10 unspecified atom stereocenters. The molecule has 0 amide bonds. The number of fused-ring (bicyclic) bond motifs is 1. The van der Waals surface area contributed by atoms with Gasteiger partial charge in [0.05, 0.1) is 56.8 Å². The van der Waals surface area contributed by atoms with Crippen LogP contribution < -0.4 is 27.2 Å². The van der Waals surface area contributed by atoms with Gasteiger partial charge in [-0.15, -0.1) is 0 Å². The van der Waals surface area contributed by atoms with Gasteiger partial charge in [-0.1, -0.05) is 84.2 Å². The predicted molar refractivity (Wildman–Crippen MR) is 299 cm³/mol. The molecule has 10 atom stereocenters. The number of thioether (sulfide) groups is 2. The number of hydrogen-bond donors (Lipinski definition) is 10. The Balaban J connectivity index is 0.000000262. The summed E-state index contributed by atoms with van der Waals surface area (Å²) >= 11 is 1.88. The number of rotatable bonds is 26. The smallest absolute Gasteiger partial charge is 0.395 e. The van der Waals surface area contributed by atoms with E-state index in [1.54, 1.807) is 34.6 Å². The van der Waals surface area contributed by atoms with Crippen molar-refractivity contribution in [2.45, 2.75) is 110 Å². The Kier molecular flexibility index (Phi) is 22.6. The number of benzene rings is 2. The summed E-state index contributed by atoms with van der Waals surface area (Å²) in [6, 6.07) is 19.6. The Morgan fingerprint density at radius 1 is 0.741 bits per heavy atom. The molecule has 81 heavy (non-hydrogen) atoms. The van der Waals surface area contributed by atoms with E-state index in [4.69, 9.17) is 33.3 Å². The summed E-state index contributed by atoms with van der Waals surface area (Å²) < 4.78 is 63.8. The molecule has 31 heteroatoms. The maximum atomic E-state index is 13.7. The highest BCUT2D eigenvalue weighted by atomic mass is 32.2. The third-order valence-electron chi connectivity index (χ3n) is 12.9. The van der Waals surface area contributed by atoms with E-state index in [2.05, 4.69) is 30.1 Å². The van der Waals surface area contributed by atoms with Crippen molar-refractivity contribution in [3.05, 3.63) is 117 Å². The summed E-state index contributed by atoms with van der Waals surface area (Å²) in [4.78, 5) is 63.7. The topological polar surface area (TPSA) is 394 Å². The van der Waals surface area contributed by atoms with E-state index in [-0.39, 0.29) is 78.2 Å². The molecule has 0 saturated carbocycles. The average molecular weight is 1210 g/mol. The Hall–Kier alpha value is -4.59. The fraction of sp³-hybridized carbons (Fsp3) is 0.540. The average Bonchev–Trinajstić information content (AvgIpc) is 4.25. The van der Waals surface area contributed by atoms with Crippen LogP contribution in [0, 0.1) is 17.8 Å². The summed E-state index contributed by atoms with van der Waals surface area (Å²) in [5.74, 6) is 0.613. The number of hydrogen-bond acceptors (Lipinski definition) is 24. The van der Waals surface area contributed by atoms with E-state index in [1.807, 2.05) is 60.7 Å². The highest BCUT2D eigenvalue weighted by molar-refractivity contribution is 8.14. The monoisotopic (exact) mass is 1210 g/mol. The molecule has 7 rings (SSSR count). The maximum Gasteiger partial charge on any atom is 0.405 e. The first kappa shape index (κ1) is 65.6. The Labute approximate surface area is 474 Å². The third kappa shape index (κ3) is 16.8. The Bertz CT molecular complexity index is 3130. The first-order valence-electron chi connectivity index (χ1n) is 25.4. The SMILES string of the molecule is CC(C)(CO)C(=O)SCCOP(=O)(NCc1ccccc1)OCC1OC(n2ccc(N)nc2=O)C(C)(O)C1O.Cc1nc2c(ncn2C2OC(COP(=O)(NCc3ccccc3)OCCSC(=O)C(C)(C)CO)C(O)C2(C)O)c(=O)[nH]1. The van der Waals surface area contributed by atoms with Crippen molar-refractivity contribution in [3.8, 4) is 0 Å². The van der Waals surface area contributed by atoms with Crippen molar-refractivity contribution in [1.29, 1.82) is 0 Å². The molecule has 2 aliphatic heterocycles. The number of imidazole rings is 1. The van der Waals surface area contributed by atoms with Gasteiger partial charge >= 0.3 is 21.2 Å². The second-order valence-electron chi connectivity index (χ2n) is 20.7. The predicted octanol–water partition coefficient (Wildman–Crippen LogP) is 2.69. The molecule has 2 saturated heterocycles. The van der Waals surface area contributed by atoms with Crippen molar-refractivity contribution in [2.24, 2.45) is 10.8 Å². The molecule has 5 heterocycles. The van der Waals surface area contributed by atoms with E-state index < -0.39 is 98.9 Å². The Morgan fingerprint density at radius 2 is 1.19 bits per heavy atom. The van der Waals surface area contributed by atoms with Crippen LogP contribution in [0.5, 0.6) is 0 Å². The van der Waals surface area contributed by atoms with Crippen LogP contribution in [0.4, 0.5) is 5.82 Å². The molecule has 0 bridgehead atoms. The number of aryl methyl sites for hydroxylation is 1. The van der Waals surface area contributed by atoms with Crippen molar-refractivity contribution in [1.82, 2.24) is 39.2 Å². The van der Waals surface area contributed by atoms with Gasteiger partial charge in [-0.3, -0.25) is 41.6 Å². The van der Waals surface area contributed by atoms with Crippen LogP contribution in [0.25, 0.3) is 11.2 Å². The van der Waals surface area contributed by atoms with Crippen molar-refractivity contribution >= 4 is 66.2 Å². The number of aromatic amines is 1. The van der Waals surface area contributed by atoms with Gasteiger partial charge in [-0.2, -0.15) is 4.98 Å². The summed E-state index contributed by atoms with van der Waals surface area (Å²) in [5, 5.41) is 67.6. The van der Waals surface area contributed by atoms with Gasteiger partial charge in [0.1, 0.15) is 47.3 Å². The summed E-state index contributed by atoms with van der Waals surface area (Å²) in [5.41, 5.74) is 0.443. The molecule has 2 fully saturated rings. The Morgan fingerprint density at radius 3 is 1.62 bits per heavy atom. The van der Waals surface area contributed by atoms with Crippen LogP contribution in [0.1, 0.15) is 70.9 Å². The molecular weight excluding hydrogens is 1140 g/mol. The van der Waals surface area contributed by atoms with Crippen LogP contribution in [-0.4, -0.2) is 157 Å². The molecule has 446 valence electrons. The number of anilines is 1. The second kappa shape index (κ2) is 27.9. The molecule has 2 aliphatic rings. The largest absolute Gasteiger partial charge is 0.405 e. The first-order chi connectivity index (χ1) is 38.1. The van der Waals surface area contributed by atoms with Crippen molar-refractivity contribution in [2.75, 3.05) is 56.9 Å². The van der Waals surface area contributed by atoms with Crippen LogP contribution in [-0.2, 0) is 59.4 Å². The molecule has 5 aromatic rings. The zero-order valence-electron chi connectivity index (χ0n) is 45.6. The van der Waals surface area contributed by atoms with Gasteiger partial charge in [-0.05, 0) is 65.7 Å². The fourth-order valence-corrected chi connectivity index (χ4v) is 12.3. The van der Waals surface area contributed by atoms with E-state index in [0.29, 0.717) is 5.82 Å². The van der Waals surface area contributed by atoms with Crippen molar-refractivity contribution < 1.29 is 76.9 Å². The number of nitrogens with one attached hydrogen (secondary N) is 3. The van der Waals surface area contributed by atoms with Crippen LogP contribution >= 0.6 is 39.0 Å². The number of aliphatic hydroxyl groups is 6. The lowest BCUT2D eigenvalue weighted by Crippen LogP contribution is -2.46. The molecular formula is C50H71N9O18P2S2. The van der Waals surface area contributed by atoms with E-state index in [1.165, 1.54) is 37.0 Å². The normalized spacial score (nSPS) is 24.6. The highest BCUT2D eigenvalue weighted by Gasteiger charge is 2.55. The first-order valence-corrected chi connectivity index (χ1v) is 30.4. The van der Waals surface area contributed by atoms with Gasteiger partial charge in [0.15, 0.2) is 33.9 Å². The fourth-order valence-electron chi connectivity index (χ4n) is 7.84. The standard InChI is InChI=1S/C26H36N5O9PS.C24H35N4O9PS/c1-16-29-21-19(22(34)30-16)27-15-31(21)23-26(4,36)20(33)18(40-23)13-39-41(37,28-12-17-8-6-5-7-9-17)38-10-11-42-24(35)25(2,3)14-32;1-23(2,15-29)21(31)39-12-11-35-38(34,26-13-16-7-5-4-6-8-16)36-14-17-19(30)24(3,33)20(37-17)28-10-9-18(25)27-22(28)32/h5-9,15,18,20,23,32-33,36H,10-14H2,1-4H3,(H,28,37)(H,29,30,34);4-10,17,19-20,29-30,33H,11-15H2,1-3H3,(H,26,34)(H2,25,27,32). The van der Waals surface area contributed by atoms with Crippen LogP contribution in [0.3, 0.4) is 0 Å². The lowest BCUT2D eigenvalue weighted by Gasteiger charge is -2.27. The van der Waals surface area contributed by atoms with E-state index in [9.17, 15) is 58.9 Å². The number of carbonyl (C=O) groups excluding carboxylic acids is 2. The summed E-state index contributed by atoms with van der Waals surface area (Å²) in [7, 11) is -8.03. The maximum absolute atomic E-state index is 13.7. The van der Waals surface area contributed by atoms with Gasteiger partial charge in [0.2, 0.25) is 0 Å². The van der Waals surface area contributed by atoms with Gasteiger partial charge in [-0.25, -0.2) is 34.1 Å². The zero-order chi connectivity index (χ0) is 59.6. The van der Waals surface area contributed by atoms with Gasteiger partial charge in [0, 0.05) is 30.8 Å². The number of nitrogen functional groups attached to an aromatic ring is 1. The number of nitrogens with two attached hydrogens (primary N) is 1. The number of aliphatic hydroxyl groups excluding tert-OH is 4. The minimum absolute atomic E-state index is 0.0170. The number of aromatic nitrogens is 6. The molecule has 0 aliphatic carbocycles. The quantitative estimate of drug-likeness (QED) is 0.0281.